The number of alkyl carbamates (subject to hydrolysis) is 1. The van der Waals surface area contributed by atoms with Gasteiger partial charge in [-0.15, -0.1) is 0 Å². The molecule has 1 rings (SSSR count). The van der Waals surface area contributed by atoms with E-state index in [9.17, 15) is 9.59 Å². The van der Waals surface area contributed by atoms with Gasteiger partial charge in [0.05, 0.1) is 6.54 Å². The van der Waals surface area contributed by atoms with Crippen molar-refractivity contribution in [3.05, 3.63) is 29.8 Å². The van der Waals surface area contributed by atoms with Crippen molar-refractivity contribution in [2.75, 3.05) is 26.2 Å². The van der Waals surface area contributed by atoms with Gasteiger partial charge in [0.25, 0.3) is 5.91 Å². The van der Waals surface area contributed by atoms with Gasteiger partial charge in [-0.3, -0.25) is 4.79 Å². The molecule has 9 nitrogen and oxygen atoms in total. The quantitative estimate of drug-likeness (QED) is 0.283. The molecule has 0 radical (unpaired) electrons. The van der Waals surface area contributed by atoms with Crippen LogP contribution in [0.5, 0.6) is 5.75 Å². The molecular weight excluding hydrogens is 362 g/mol. The lowest BCUT2D eigenvalue weighted by Crippen LogP contribution is -2.42. The Kier molecular flexibility index (Phi) is 9.63. The van der Waals surface area contributed by atoms with Crippen LogP contribution < -0.4 is 26.4 Å². The number of ether oxygens (including phenoxy) is 2. The van der Waals surface area contributed by atoms with Gasteiger partial charge in [-0.2, -0.15) is 0 Å². The molecule has 0 atom stereocenters. The molecule has 0 aliphatic rings. The minimum Gasteiger partial charge on any atom is -0.484 e. The molecule has 156 valence electrons. The van der Waals surface area contributed by atoms with Crippen molar-refractivity contribution in [2.24, 2.45) is 10.7 Å². The van der Waals surface area contributed by atoms with Crippen molar-refractivity contribution in [3.63, 3.8) is 0 Å². The first kappa shape index (κ1) is 23.1. The van der Waals surface area contributed by atoms with Crippen LogP contribution in [0.4, 0.5) is 4.79 Å². The average Bonchev–Trinajstić information content (AvgIpc) is 2.60. The summed E-state index contributed by atoms with van der Waals surface area (Å²) in [7, 11) is 0. The van der Waals surface area contributed by atoms with Crippen LogP contribution in [0.2, 0.25) is 0 Å². The van der Waals surface area contributed by atoms with Gasteiger partial charge >= 0.3 is 6.09 Å². The lowest BCUT2D eigenvalue weighted by molar-refractivity contribution is -0.119. The van der Waals surface area contributed by atoms with Gasteiger partial charge in [-0.25, -0.2) is 9.79 Å². The predicted octanol–water partition coefficient (Wildman–Crippen LogP) is 1.13. The van der Waals surface area contributed by atoms with Gasteiger partial charge in [-0.05, 0) is 45.4 Å². The van der Waals surface area contributed by atoms with Crippen molar-refractivity contribution in [1.29, 1.82) is 0 Å². The first-order valence-corrected chi connectivity index (χ1v) is 9.18. The smallest absolute Gasteiger partial charge is 0.407 e. The summed E-state index contributed by atoms with van der Waals surface area (Å²) < 4.78 is 10.5. The summed E-state index contributed by atoms with van der Waals surface area (Å²) in [6.07, 6.45) is -0.455. The summed E-state index contributed by atoms with van der Waals surface area (Å²) in [6, 6.07) is 7.29. The van der Waals surface area contributed by atoms with Crippen LogP contribution >= 0.6 is 0 Å². The molecule has 0 aliphatic heterocycles. The fraction of sp³-hybridized carbons (Fsp3) is 0.526. The molecule has 1 aromatic rings. The molecule has 2 amide bonds. The molecule has 0 aliphatic carbocycles. The Morgan fingerprint density at radius 3 is 2.50 bits per heavy atom. The Morgan fingerprint density at radius 1 is 1.14 bits per heavy atom. The van der Waals surface area contributed by atoms with Gasteiger partial charge in [-0.1, -0.05) is 12.1 Å². The zero-order chi connectivity index (χ0) is 21.0. The van der Waals surface area contributed by atoms with Crippen molar-refractivity contribution in [1.82, 2.24) is 16.0 Å². The number of nitrogens with two attached hydrogens (primary N) is 1. The Morgan fingerprint density at radius 2 is 1.86 bits per heavy atom. The summed E-state index contributed by atoms with van der Waals surface area (Å²) in [5.41, 5.74) is 5.48. The van der Waals surface area contributed by atoms with Crippen molar-refractivity contribution < 1.29 is 19.1 Å². The van der Waals surface area contributed by atoms with Crippen LogP contribution in [0.3, 0.4) is 0 Å². The Bertz CT molecular complexity index is 671. The van der Waals surface area contributed by atoms with E-state index in [4.69, 9.17) is 15.2 Å². The van der Waals surface area contributed by atoms with E-state index in [2.05, 4.69) is 20.9 Å². The number of nitrogens with zero attached hydrogens (tertiary/aromatic N) is 1. The molecule has 1 aromatic carbocycles. The average molecular weight is 393 g/mol. The number of amides is 2. The summed E-state index contributed by atoms with van der Waals surface area (Å²) in [4.78, 5) is 26.9. The minimum atomic E-state index is -0.526. The van der Waals surface area contributed by atoms with Crippen LogP contribution in [0.15, 0.2) is 29.3 Å². The molecule has 0 fully saturated rings. The summed E-state index contributed by atoms with van der Waals surface area (Å²) in [5, 5.41) is 8.96. The van der Waals surface area contributed by atoms with E-state index in [1.807, 2.05) is 39.8 Å². The van der Waals surface area contributed by atoms with Gasteiger partial charge in [0.1, 0.15) is 11.4 Å². The van der Waals surface area contributed by atoms with E-state index in [1.165, 1.54) is 0 Å². The lowest BCUT2D eigenvalue weighted by atomic mass is 10.2. The molecule has 0 saturated heterocycles. The summed E-state index contributed by atoms with van der Waals surface area (Å²) in [5.74, 6) is 0.657. The predicted molar refractivity (Wildman–Crippen MR) is 108 cm³/mol. The van der Waals surface area contributed by atoms with Crippen molar-refractivity contribution >= 4 is 18.0 Å². The largest absolute Gasteiger partial charge is 0.484 e. The third-order valence-electron chi connectivity index (χ3n) is 3.13. The van der Waals surface area contributed by atoms with Crippen LogP contribution in [0, 0.1) is 0 Å². The second-order valence-corrected chi connectivity index (χ2v) is 6.95. The normalized spacial score (nSPS) is 11.5. The van der Waals surface area contributed by atoms with Crippen LogP contribution in [-0.2, 0) is 16.1 Å². The highest BCUT2D eigenvalue weighted by atomic mass is 16.6. The van der Waals surface area contributed by atoms with Crippen LogP contribution in [0.1, 0.15) is 33.3 Å². The van der Waals surface area contributed by atoms with E-state index >= 15 is 0 Å². The highest BCUT2D eigenvalue weighted by Gasteiger charge is 2.15. The van der Waals surface area contributed by atoms with Crippen molar-refractivity contribution in [2.45, 2.75) is 39.8 Å². The second-order valence-electron chi connectivity index (χ2n) is 6.95. The fourth-order valence-electron chi connectivity index (χ4n) is 2.06. The maximum absolute atomic E-state index is 11.6. The summed E-state index contributed by atoms with van der Waals surface area (Å²) in [6.45, 7) is 9.26. The van der Waals surface area contributed by atoms with E-state index in [1.54, 1.807) is 12.1 Å². The Labute approximate surface area is 166 Å². The molecular formula is C19H31N5O4. The topological polar surface area (TPSA) is 127 Å². The van der Waals surface area contributed by atoms with Gasteiger partial charge in [0, 0.05) is 19.6 Å². The molecule has 28 heavy (non-hydrogen) atoms. The standard InChI is InChI=1S/C19H31N5O4/c1-5-21-17(22-9-10-23-18(26)28-19(2,3)4)24-12-14-7-6-8-15(11-14)27-13-16(20)25/h6-8,11H,5,9-10,12-13H2,1-4H3,(H2,20,25)(H,23,26)(H2,21,22,24). The number of nitrogens with one attached hydrogen (secondary N) is 3. The number of carbonyl (C=O) groups excluding carboxylic acids is 2. The monoisotopic (exact) mass is 393 g/mol. The van der Waals surface area contributed by atoms with Crippen molar-refractivity contribution in [3.8, 4) is 5.75 Å². The number of primary amides is 1. The SMILES string of the molecule is CCNC(=NCc1cccc(OCC(N)=O)c1)NCCNC(=O)OC(C)(C)C. The number of carbonyl (C=O) groups is 2. The molecule has 0 saturated carbocycles. The van der Waals surface area contributed by atoms with Crippen LogP contribution in [-0.4, -0.2) is 49.8 Å². The highest BCUT2D eigenvalue weighted by Crippen LogP contribution is 2.14. The van der Waals surface area contributed by atoms with Gasteiger partial charge < -0.3 is 31.2 Å². The summed E-state index contributed by atoms with van der Waals surface area (Å²) >= 11 is 0. The molecule has 0 aromatic heterocycles. The molecule has 5 N–H and O–H groups in total. The zero-order valence-electron chi connectivity index (χ0n) is 17.0. The first-order valence-electron chi connectivity index (χ1n) is 9.18. The van der Waals surface area contributed by atoms with Gasteiger partial charge in [0.2, 0.25) is 0 Å². The number of guanidine groups is 1. The van der Waals surface area contributed by atoms with E-state index < -0.39 is 17.6 Å². The van der Waals surface area contributed by atoms with Gasteiger partial charge in [0.15, 0.2) is 12.6 Å². The number of hydrogen-bond acceptors (Lipinski definition) is 5. The van der Waals surface area contributed by atoms with Crippen LogP contribution in [0.25, 0.3) is 0 Å². The number of rotatable bonds is 9. The highest BCUT2D eigenvalue weighted by molar-refractivity contribution is 5.79. The maximum Gasteiger partial charge on any atom is 0.407 e. The lowest BCUT2D eigenvalue weighted by Gasteiger charge is -2.19. The zero-order valence-corrected chi connectivity index (χ0v) is 17.0. The Hall–Kier alpha value is -2.97. The molecule has 9 heteroatoms. The number of hydrogen-bond donors (Lipinski definition) is 4. The number of aliphatic imine (C=N–C) groups is 1. The number of benzene rings is 1. The molecule has 0 bridgehead atoms. The van der Waals surface area contributed by atoms with E-state index in [-0.39, 0.29) is 6.61 Å². The Balaban J connectivity index is 2.50. The minimum absolute atomic E-state index is 0.165. The van der Waals surface area contributed by atoms with E-state index in [0.29, 0.717) is 37.9 Å². The second kappa shape index (κ2) is 11.7. The fourth-order valence-corrected chi connectivity index (χ4v) is 2.06. The third kappa shape index (κ3) is 10.9. The molecule has 0 heterocycles. The first-order chi connectivity index (χ1) is 13.2. The third-order valence-corrected chi connectivity index (χ3v) is 3.13. The molecule has 0 spiro atoms. The molecule has 0 unspecified atom stereocenters. The van der Waals surface area contributed by atoms with E-state index in [0.717, 1.165) is 5.56 Å². The maximum atomic E-state index is 11.6.